The Morgan fingerprint density at radius 1 is 1.24 bits per heavy atom. The van der Waals surface area contributed by atoms with Gasteiger partial charge in [0.2, 0.25) is 0 Å². The quantitative estimate of drug-likeness (QED) is 0.803. The molecular formula is C15H14N4OS. The van der Waals surface area contributed by atoms with Gasteiger partial charge in [-0.25, -0.2) is 4.98 Å². The molecule has 2 N–H and O–H groups in total. The second-order valence-electron chi connectivity index (χ2n) is 5.39. The third-order valence-electron chi connectivity index (χ3n) is 3.95. The van der Waals surface area contributed by atoms with Crippen LogP contribution in [0.25, 0.3) is 22.7 Å². The lowest BCUT2D eigenvalue weighted by Gasteiger charge is -2.34. The highest BCUT2D eigenvalue weighted by atomic mass is 32.1. The normalized spacial score (nSPS) is 16.6. The van der Waals surface area contributed by atoms with Gasteiger partial charge in [-0.2, -0.15) is 4.98 Å². The van der Waals surface area contributed by atoms with Gasteiger partial charge in [0.1, 0.15) is 0 Å². The van der Waals surface area contributed by atoms with Crippen LogP contribution in [0.4, 0.5) is 0 Å². The first kappa shape index (κ1) is 12.7. The van der Waals surface area contributed by atoms with Crippen LogP contribution in [-0.2, 0) is 5.54 Å². The van der Waals surface area contributed by atoms with Gasteiger partial charge >= 0.3 is 0 Å². The van der Waals surface area contributed by atoms with E-state index in [-0.39, 0.29) is 0 Å². The Kier molecular flexibility index (Phi) is 2.87. The molecule has 4 rings (SSSR count). The minimum absolute atomic E-state index is 0.395. The Morgan fingerprint density at radius 3 is 2.81 bits per heavy atom. The maximum atomic E-state index is 6.23. The van der Waals surface area contributed by atoms with E-state index in [1.54, 1.807) is 11.3 Å². The molecule has 0 radical (unpaired) electrons. The minimum Gasteiger partial charge on any atom is -0.334 e. The predicted octanol–water partition coefficient (Wildman–Crippen LogP) is 3.20. The largest absolute Gasteiger partial charge is 0.334 e. The summed E-state index contributed by atoms with van der Waals surface area (Å²) >= 11 is 1.58. The average Bonchev–Trinajstić information content (AvgIpc) is 3.16. The first-order valence-corrected chi connectivity index (χ1v) is 7.81. The lowest BCUT2D eigenvalue weighted by atomic mass is 9.77. The Labute approximate surface area is 125 Å². The molecule has 2 aromatic heterocycles. The Hall–Kier alpha value is -2.05. The minimum atomic E-state index is -0.395. The first-order valence-electron chi connectivity index (χ1n) is 6.87. The highest BCUT2D eigenvalue weighted by molar-refractivity contribution is 7.07. The van der Waals surface area contributed by atoms with Crippen LogP contribution >= 0.6 is 11.3 Å². The van der Waals surface area contributed by atoms with Gasteiger partial charge in [0, 0.05) is 16.5 Å². The Morgan fingerprint density at radius 2 is 2.10 bits per heavy atom. The molecule has 0 atom stereocenters. The number of aromatic nitrogens is 3. The zero-order chi connectivity index (χ0) is 14.3. The molecule has 1 aromatic carbocycles. The number of hydrogen-bond acceptors (Lipinski definition) is 6. The van der Waals surface area contributed by atoms with E-state index in [4.69, 9.17) is 10.3 Å². The molecule has 2 heterocycles. The van der Waals surface area contributed by atoms with Gasteiger partial charge in [-0.3, -0.25) is 0 Å². The number of thiazole rings is 1. The van der Waals surface area contributed by atoms with E-state index in [1.165, 1.54) is 0 Å². The van der Waals surface area contributed by atoms with Crippen LogP contribution in [0.3, 0.4) is 0 Å². The summed E-state index contributed by atoms with van der Waals surface area (Å²) in [6.07, 6.45) is 2.97. The summed E-state index contributed by atoms with van der Waals surface area (Å²) in [5.41, 5.74) is 10.5. The summed E-state index contributed by atoms with van der Waals surface area (Å²) in [5.74, 6) is 1.13. The molecule has 1 saturated carbocycles. The third kappa shape index (κ3) is 2.16. The number of rotatable bonds is 3. The monoisotopic (exact) mass is 298 g/mol. The van der Waals surface area contributed by atoms with E-state index in [1.807, 2.05) is 35.2 Å². The van der Waals surface area contributed by atoms with Gasteiger partial charge in [0.05, 0.1) is 16.7 Å². The fourth-order valence-corrected chi connectivity index (χ4v) is 3.05. The molecule has 1 fully saturated rings. The molecule has 6 heteroatoms. The SMILES string of the molecule is NC1(c2noc(-c3cccc(-c4cscn4)c3)n2)CCC1. The maximum Gasteiger partial charge on any atom is 0.258 e. The lowest BCUT2D eigenvalue weighted by Crippen LogP contribution is -2.44. The summed E-state index contributed by atoms with van der Waals surface area (Å²) in [6.45, 7) is 0. The molecule has 0 unspecified atom stereocenters. The lowest BCUT2D eigenvalue weighted by molar-refractivity contribution is 0.229. The zero-order valence-corrected chi connectivity index (χ0v) is 12.1. The van der Waals surface area contributed by atoms with Crippen molar-refractivity contribution in [1.82, 2.24) is 15.1 Å². The molecule has 21 heavy (non-hydrogen) atoms. The second kappa shape index (κ2) is 4.75. The molecule has 1 aliphatic rings. The fraction of sp³-hybridized carbons (Fsp3) is 0.267. The summed E-state index contributed by atoms with van der Waals surface area (Å²) in [4.78, 5) is 8.80. The summed E-state index contributed by atoms with van der Waals surface area (Å²) in [5, 5.41) is 6.07. The number of benzene rings is 1. The van der Waals surface area contributed by atoms with Crippen molar-refractivity contribution >= 4 is 11.3 Å². The molecule has 1 aliphatic carbocycles. The van der Waals surface area contributed by atoms with Crippen LogP contribution in [0.2, 0.25) is 0 Å². The summed E-state index contributed by atoms with van der Waals surface area (Å²) < 4.78 is 5.39. The van der Waals surface area contributed by atoms with Gasteiger partial charge in [-0.15, -0.1) is 11.3 Å². The molecule has 5 nitrogen and oxygen atoms in total. The molecule has 106 valence electrons. The van der Waals surface area contributed by atoms with Crippen molar-refractivity contribution in [2.24, 2.45) is 5.73 Å². The van der Waals surface area contributed by atoms with Crippen LogP contribution in [0.5, 0.6) is 0 Å². The van der Waals surface area contributed by atoms with Gasteiger partial charge in [-0.1, -0.05) is 17.3 Å². The Balaban J connectivity index is 1.69. The number of nitrogens with two attached hydrogens (primary N) is 1. The third-order valence-corrected chi connectivity index (χ3v) is 4.54. The van der Waals surface area contributed by atoms with Crippen LogP contribution < -0.4 is 5.73 Å². The van der Waals surface area contributed by atoms with Crippen molar-refractivity contribution < 1.29 is 4.52 Å². The summed E-state index contributed by atoms with van der Waals surface area (Å²) in [6, 6.07) is 7.95. The van der Waals surface area contributed by atoms with Crippen molar-refractivity contribution in [3.8, 4) is 22.7 Å². The van der Waals surface area contributed by atoms with E-state index in [9.17, 15) is 0 Å². The Bertz CT molecular complexity index is 762. The second-order valence-corrected chi connectivity index (χ2v) is 6.11. The van der Waals surface area contributed by atoms with Crippen molar-refractivity contribution in [2.45, 2.75) is 24.8 Å². The van der Waals surface area contributed by atoms with Crippen LogP contribution in [0.15, 0.2) is 39.7 Å². The molecule has 0 aliphatic heterocycles. The zero-order valence-electron chi connectivity index (χ0n) is 11.3. The van der Waals surface area contributed by atoms with Crippen molar-refractivity contribution in [1.29, 1.82) is 0 Å². The first-order chi connectivity index (χ1) is 10.2. The van der Waals surface area contributed by atoms with E-state index >= 15 is 0 Å². The van der Waals surface area contributed by atoms with Gasteiger partial charge in [-0.05, 0) is 31.4 Å². The predicted molar refractivity (Wildman–Crippen MR) is 80.6 cm³/mol. The molecule has 0 amide bonds. The summed E-state index contributed by atoms with van der Waals surface area (Å²) in [7, 11) is 0. The van der Waals surface area contributed by atoms with Crippen LogP contribution in [0.1, 0.15) is 25.1 Å². The van der Waals surface area contributed by atoms with E-state index in [2.05, 4.69) is 15.1 Å². The van der Waals surface area contributed by atoms with Crippen molar-refractivity contribution in [3.63, 3.8) is 0 Å². The number of hydrogen-bond donors (Lipinski definition) is 1. The molecule has 0 bridgehead atoms. The smallest absolute Gasteiger partial charge is 0.258 e. The standard InChI is InChI=1S/C15H14N4OS/c16-15(5-2-6-15)14-18-13(20-19-14)11-4-1-3-10(7-11)12-8-21-9-17-12/h1,3-4,7-9H,2,5-6,16H2. The number of nitrogens with zero attached hydrogens (tertiary/aromatic N) is 3. The molecule has 0 saturated heterocycles. The van der Waals surface area contributed by atoms with Gasteiger partial charge in [0.25, 0.3) is 5.89 Å². The average molecular weight is 298 g/mol. The molecule has 3 aromatic rings. The van der Waals surface area contributed by atoms with E-state index in [0.717, 1.165) is 36.1 Å². The van der Waals surface area contributed by atoms with Crippen LogP contribution in [0, 0.1) is 0 Å². The maximum absolute atomic E-state index is 6.23. The van der Waals surface area contributed by atoms with Gasteiger partial charge < -0.3 is 10.3 Å². The highest BCUT2D eigenvalue weighted by Gasteiger charge is 2.39. The van der Waals surface area contributed by atoms with Crippen molar-refractivity contribution in [2.75, 3.05) is 0 Å². The van der Waals surface area contributed by atoms with Gasteiger partial charge in [0.15, 0.2) is 5.82 Å². The molecular weight excluding hydrogens is 284 g/mol. The molecule has 0 spiro atoms. The fourth-order valence-electron chi connectivity index (χ4n) is 2.49. The van der Waals surface area contributed by atoms with E-state index < -0.39 is 5.54 Å². The highest BCUT2D eigenvalue weighted by Crippen LogP contribution is 2.37. The van der Waals surface area contributed by atoms with E-state index in [0.29, 0.717) is 11.7 Å². The topological polar surface area (TPSA) is 77.8 Å². The van der Waals surface area contributed by atoms with Crippen LogP contribution in [-0.4, -0.2) is 15.1 Å². The van der Waals surface area contributed by atoms with Crippen molar-refractivity contribution in [3.05, 3.63) is 41.0 Å².